The van der Waals surface area contributed by atoms with E-state index in [0.717, 1.165) is 17.4 Å². The predicted molar refractivity (Wildman–Crippen MR) is 152 cm³/mol. The molecule has 2 aromatic carbocycles. The minimum Gasteiger partial charge on any atom is -0.354 e. The van der Waals surface area contributed by atoms with Gasteiger partial charge in [-0.1, -0.05) is 49.2 Å². The second-order valence-electron chi connectivity index (χ2n) is 9.78. The number of sulfonamides is 1. The van der Waals surface area contributed by atoms with Crippen LogP contribution in [0.1, 0.15) is 50.3 Å². The highest BCUT2D eigenvalue weighted by molar-refractivity contribution is 7.92. The van der Waals surface area contributed by atoms with Gasteiger partial charge in [-0.05, 0) is 74.1 Å². The number of benzene rings is 2. The van der Waals surface area contributed by atoms with Gasteiger partial charge in [-0.3, -0.25) is 13.9 Å². The largest absolute Gasteiger partial charge is 0.354 e. The highest BCUT2D eigenvalue weighted by atomic mass is 35.5. The molecule has 0 aliphatic rings. The number of nitrogens with zero attached hydrogens (tertiary/aromatic N) is 2. The lowest BCUT2D eigenvalue weighted by molar-refractivity contribution is -0.140. The first-order valence-electron chi connectivity index (χ1n) is 12.3. The molecular weight excluding hydrogens is 533 g/mol. The molecule has 0 spiro atoms. The average molecular weight is 571 g/mol. The van der Waals surface area contributed by atoms with Gasteiger partial charge in [0.1, 0.15) is 6.04 Å². The van der Waals surface area contributed by atoms with Crippen molar-refractivity contribution in [2.24, 2.45) is 5.92 Å². The van der Waals surface area contributed by atoms with E-state index in [2.05, 4.69) is 5.32 Å². The van der Waals surface area contributed by atoms with E-state index in [-0.39, 0.29) is 43.7 Å². The summed E-state index contributed by atoms with van der Waals surface area (Å²) < 4.78 is 26.4. The maximum Gasteiger partial charge on any atom is 0.242 e. The molecule has 2 aromatic rings. The van der Waals surface area contributed by atoms with E-state index in [0.29, 0.717) is 27.8 Å². The van der Waals surface area contributed by atoms with Gasteiger partial charge in [-0.25, -0.2) is 8.42 Å². The van der Waals surface area contributed by atoms with Crippen molar-refractivity contribution < 1.29 is 18.0 Å². The molecule has 1 N–H and O–H groups in total. The fourth-order valence-electron chi connectivity index (χ4n) is 3.75. The fraction of sp³-hybridized carbons (Fsp3) is 0.481. The molecule has 0 aliphatic heterocycles. The lowest BCUT2D eigenvalue weighted by Crippen LogP contribution is -2.48. The van der Waals surface area contributed by atoms with Gasteiger partial charge < -0.3 is 10.2 Å². The summed E-state index contributed by atoms with van der Waals surface area (Å²) in [4.78, 5) is 27.7. The molecule has 0 saturated carbocycles. The molecule has 0 bridgehead atoms. The van der Waals surface area contributed by atoms with Gasteiger partial charge in [0.25, 0.3) is 0 Å². The van der Waals surface area contributed by atoms with Crippen molar-refractivity contribution in [3.63, 3.8) is 0 Å². The molecule has 0 radical (unpaired) electrons. The minimum atomic E-state index is -3.55. The number of hydrogen-bond donors (Lipinski definition) is 1. The van der Waals surface area contributed by atoms with Crippen LogP contribution in [0.4, 0.5) is 5.69 Å². The third-order valence-corrected chi connectivity index (χ3v) is 7.92. The van der Waals surface area contributed by atoms with Gasteiger partial charge >= 0.3 is 0 Å². The Kier molecular flexibility index (Phi) is 11.3. The highest BCUT2D eigenvalue weighted by Gasteiger charge is 2.27. The number of halogens is 2. The van der Waals surface area contributed by atoms with Gasteiger partial charge in [0.05, 0.1) is 11.9 Å². The quantitative estimate of drug-likeness (QED) is 0.373. The summed E-state index contributed by atoms with van der Waals surface area (Å²) in [6, 6.07) is 9.73. The topological polar surface area (TPSA) is 86.8 Å². The van der Waals surface area contributed by atoms with Crippen molar-refractivity contribution >= 4 is 50.7 Å². The zero-order chi connectivity index (χ0) is 27.9. The SMILES string of the molecule is Cc1ccc(N(CCCC(=O)N(Cc2ccc(Cl)cc2Cl)C(C)C(=O)NCC(C)C)S(C)(=O)=O)cc1C. The predicted octanol–water partition coefficient (Wildman–Crippen LogP) is 5.35. The molecule has 2 amide bonds. The molecule has 1 atom stereocenters. The lowest BCUT2D eigenvalue weighted by Gasteiger charge is -2.30. The molecule has 0 saturated heterocycles. The normalized spacial score (nSPS) is 12.4. The lowest BCUT2D eigenvalue weighted by atomic mass is 10.1. The summed E-state index contributed by atoms with van der Waals surface area (Å²) in [5, 5.41) is 3.75. The first-order valence-corrected chi connectivity index (χ1v) is 14.9. The number of rotatable bonds is 12. The molecule has 0 aromatic heterocycles. The molecule has 1 unspecified atom stereocenters. The van der Waals surface area contributed by atoms with E-state index < -0.39 is 16.1 Å². The Morgan fingerprint density at radius 3 is 2.24 bits per heavy atom. The molecule has 2 rings (SSSR count). The minimum absolute atomic E-state index is 0.0594. The Morgan fingerprint density at radius 1 is 1.00 bits per heavy atom. The Balaban J connectivity index is 2.21. The number of amides is 2. The van der Waals surface area contributed by atoms with E-state index in [1.54, 1.807) is 31.2 Å². The summed E-state index contributed by atoms with van der Waals surface area (Å²) >= 11 is 12.4. The van der Waals surface area contributed by atoms with Crippen LogP contribution in [0.15, 0.2) is 36.4 Å². The summed E-state index contributed by atoms with van der Waals surface area (Å²) in [6.45, 7) is 10.3. The van der Waals surface area contributed by atoms with E-state index in [1.807, 2.05) is 39.8 Å². The van der Waals surface area contributed by atoms with Gasteiger partial charge in [0, 0.05) is 36.1 Å². The van der Waals surface area contributed by atoms with Crippen LogP contribution in [0, 0.1) is 19.8 Å². The molecule has 0 fully saturated rings. The van der Waals surface area contributed by atoms with E-state index >= 15 is 0 Å². The molecule has 7 nitrogen and oxygen atoms in total. The molecule has 10 heteroatoms. The zero-order valence-electron chi connectivity index (χ0n) is 22.3. The van der Waals surface area contributed by atoms with Crippen LogP contribution < -0.4 is 9.62 Å². The van der Waals surface area contributed by atoms with Gasteiger partial charge in [-0.2, -0.15) is 0 Å². The van der Waals surface area contributed by atoms with Crippen molar-refractivity contribution in [2.75, 3.05) is 23.7 Å². The molecule has 0 heterocycles. The van der Waals surface area contributed by atoms with Crippen molar-refractivity contribution in [3.05, 3.63) is 63.1 Å². The zero-order valence-corrected chi connectivity index (χ0v) is 24.7. The number of nitrogens with one attached hydrogen (secondary N) is 1. The summed E-state index contributed by atoms with van der Waals surface area (Å²) in [7, 11) is -3.55. The van der Waals surface area contributed by atoms with Crippen LogP contribution in [-0.4, -0.2) is 50.5 Å². The van der Waals surface area contributed by atoms with E-state index in [9.17, 15) is 18.0 Å². The van der Waals surface area contributed by atoms with E-state index in [4.69, 9.17) is 23.2 Å². The number of carbonyl (C=O) groups is 2. The number of aryl methyl sites for hydroxylation is 2. The van der Waals surface area contributed by atoms with Crippen molar-refractivity contribution in [1.82, 2.24) is 10.2 Å². The van der Waals surface area contributed by atoms with Crippen molar-refractivity contribution in [3.8, 4) is 0 Å². The van der Waals surface area contributed by atoms with Crippen LogP contribution in [-0.2, 0) is 26.2 Å². The monoisotopic (exact) mass is 569 g/mol. The van der Waals surface area contributed by atoms with Crippen molar-refractivity contribution in [2.45, 2.75) is 60.0 Å². The summed E-state index contributed by atoms with van der Waals surface area (Å²) in [5.74, 6) is -0.273. The van der Waals surface area contributed by atoms with Crippen LogP contribution >= 0.6 is 23.2 Å². The maximum atomic E-state index is 13.4. The standard InChI is InChI=1S/C27H37Cl2N3O4S/c1-18(2)16-30-27(34)21(5)31(17-22-10-11-23(28)15-25(22)29)26(33)8-7-13-32(37(6,35)36)24-12-9-19(3)20(4)14-24/h9-12,14-15,18,21H,7-8,13,16-17H2,1-6H3,(H,30,34). The summed E-state index contributed by atoms with van der Waals surface area (Å²) in [6.07, 6.45) is 1.49. The highest BCUT2D eigenvalue weighted by Crippen LogP contribution is 2.25. The second kappa shape index (κ2) is 13.5. The fourth-order valence-corrected chi connectivity index (χ4v) is 5.18. The Hall–Kier alpha value is -2.29. The molecular formula is C27H37Cl2N3O4S. The van der Waals surface area contributed by atoms with Crippen LogP contribution in [0.5, 0.6) is 0 Å². The van der Waals surface area contributed by atoms with Crippen LogP contribution in [0.2, 0.25) is 10.0 Å². The number of anilines is 1. The first kappa shape index (κ1) is 30.9. The maximum absolute atomic E-state index is 13.4. The number of hydrogen-bond acceptors (Lipinski definition) is 4. The van der Waals surface area contributed by atoms with Gasteiger partial charge in [-0.15, -0.1) is 0 Å². The van der Waals surface area contributed by atoms with Crippen molar-refractivity contribution in [1.29, 1.82) is 0 Å². The third-order valence-electron chi connectivity index (χ3n) is 6.14. The summed E-state index contributed by atoms with van der Waals surface area (Å²) in [5.41, 5.74) is 3.27. The average Bonchev–Trinajstić information content (AvgIpc) is 2.80. The van der Waals surface area contributed by atoms with Gasteiger partial charge in [0.2, 0.25) is 21.8 Å². The molecule has 37 heavy (non-hydrogen) atoms. The Morgan fingerprint density at radius 2 is 1.68 bits per heavy atom. The van der Waals surface area contributed by atoms with Crippen LogP contribution in [0.3, 0.4) is 0 Å². The smallest absolute Gasteiger partial charge is 0.242 e. The van der Waals surface area contributed by atoms with E-state index in [1.165, 1.54) is 9.21 Å². The molecule has 204 valence electrons. The second-order valence-corrected chi connectivity index (χ2v) is 12.5. The Bertz CT molecular complexity index is 1220. The first-order chi connectivity index (χ1) is 17.2. The van der Waals surface area contributed by atoms with Gasteiger partial charge in [0.15, 0.2) is 0 Å². The molecule has 0 aliphatic carbocycles. The third kappa shape index (κ3) is 9.20. The van der Waals surface area contributed by atoms with Crippen LogP contribution in [0.25, 0.3) is 0 Å². The Labute approximate surface area is 231 Å². The number of carbonyl (C=O) groups excluding carboxylic acids is 2.